The highest BCUT2D eigenvalue weighted by Gasteiger charge is 2.25. The predicted octanol–water partition coefficient (Wildman–Crippen LogP) is 2.06. The number of nitrogens with one attached hydrogen (secondary N) is 1. The minimum absolute atomic E-state index is 0.260. The van der Waals surface area contributed by atoms with Gasteiger partial charge in [-0.2, -0.15) is 0 Å². The molecule has 2 amide bonds. The van der Waals surface area contributed by atoms with Crippen molar-refractivity contribution >= 4 is 12.2 Å². The van der Waals surface area contributed by atoms with Gasteiger partial charge < -0.3 is 19.7 Å². The van der Waals surface area contributed by atoms with E-state index >= 15 is 0 Å². The molecule has 0 bridgehead atoms. The van der Waals surface area contributed by atoms with E-state index in [1.165, 1.54) is 0 Å². The molecular weight excluding hydrogens is 298 g/mol. The van der Waals surface area contributed by atoms with Gasteiger partial charge in [0, 0.05) is 39.3 Å². The molecule has 0 unspecified atom stereocenters. The highest BCUT2D eigenvalue weighted by atomic mass is 16.6. The molecule has 0 aliphatic carbocycles. The third-order valence-corrected chi connectivity index (χ3v) is 3.12. The number of carbonyl (C=O) groups is 2. The molecular formula is C16H31N3O4. The van der Waals surface area contributed by atoms with Gasteiger partial charge in [0.2, 0.25) is 0 Å². The molecule has 7 heteroatoms. The first kappa shape index (κ1) is 19.5. The Kier molecular flexibility index (Phi) is 6.68. The summed E-state index contributed by atoms with van der Waals surface area (Å²) in [7, 11) is 0. The number of amides is 2. The molecule has 1 heterocycles. The highest BCUT2D eigenvalue weighted by molar-refractivity contribution is 5.68. The molecule has 1 aliphatic rings. The van der Waals surface area contributed by atoms with Crippen molar-refractivity contribution in [2.24, 2.45) is 0 Å². The van der Waals surface area contributed by atoms with E-state index in [1.807, 2.05) is 41.5 Å². The maximum Gasteiger partial charge on any atom is 0.410 e. The number of ether oxygens (including phenoxy) is 2. The quantitative estimate of drug-likeness (QED) is 0.858. The minimum Gasteiger partial charge on any atom is -0.444 e. The molecule has 0 aromatic carbocycles. The lowest BCUT2D eigenvalue weighted by Gasteiger charge is -2.35. The van der Waals surface area contributed by atoms with Crippen LogP contribution in [0.5, 0.6) is 0 Å². The molecule has 1 aliphatic heterocycles. The van der Waals surface area contributed by atoms with Crippen molar-refractivity contribution in [2.45, 2.75) is 52.7 Å². The van der Waals surface area contributed by atoms with Gasteiger partial charge in [-0.05, 0) is 41.5 Å². The Labute approximate surface area is 139 Å². The standard InChI is InChI=1S/C16H31N3O4/c1-15(2,3)22-13(20)17-7-8-18-9-11-19(12-10-18)14(21)23-16(4,5)6/h7-12H2,1-6H3,(H,17,20). The van der Waals surface area contributed by atoms with E-state index in [9.17, 15) is 9.59 Å². The van der Waals surface area contributed by atoms with Crippen LogP contribution in [0.3, 0.4) is 0 Å². The van der Waals surface area contributed by atoms with Crippen molar-refractivity contribution < 1.29 is 19.1 Å². The summed E-state index contributed by atoms with van der Waals surface area (Å²) in [5.74, 6) is 0. The highest BCUT2D eigenvalue weighted by Crippen LogP contribution is 2.11. The third kappa shape index (κ3) is 8.64. The third-order valence-electron chi connectivity index (χ3n) is 3.12. The molecule has 7 nitrogen and oxygen atoms in total. The monoisotopic (exact) mass is 329 g/mol. The average Bonchev–Trinajstić information content (AvgIpc) is 2.35. The van der Waals surface area contributed by atoms with E-state index in [1.54, 1.807) is 4.90 Å². The van der Waals surface area contributed by atoms with Crippen molar-refractivity contribution in [3.8, 4) is 0 Å². The van der Waals surface area contributed by atoms with Gasteiger partial charge in [0.05, 0.1) is 0 Å². The van der Waals surface area contributed by atoms with Crippen LogP contribution in [0.1, 0.15) is 41.5 Å². The van der Waals surface area contributed by atoms with Gasteiger partial charge in [0.15, 0.2) is 0 Å². The van der Waals surface area contributed by atoms with Crippen LogP contribution >= 0.6 is 0 Å². The molecule has 0 saturated carbocycles. The second-order valence-corrected chi connectivity index (χ2v) is 7.74. The Morgan fingerprint density at radius 1 is 0.913 bits per heavy atom. The SMILES string of the molecule is CC(C)(C)OC(=O)NCCN1CCN(C(=O)OC(C)(C)C)CC1. The lowest BCUT2D eigenvalue weighted by Crippen LogP contribution is -2.51. The number of carbonyl (C=O) groups excluding carboxylic acids is 2. The second-order valence-electron chi connectivity index (χ2n) is 7.74. The van der Waals surface area contributed by atoms with Crippen LogP contribution in [-0.2, 0) is 9.47 Å². The number of nitrogens with zero attached hydrogens (tertiary/aromatic N) is 2. The second kappa shape index (κ2) is 7.86. The van der Waals surface area contributed by atoms with Crippen LogP contribution in [-0.4, -0.2) is 72.5 Å². The number of hydrogen-bond donors (Lipinski definition) is 1. The number of hydrogen-bond acceptors (Lipinski definition) is 5. The average molecular weight is 329 g/mol. The van der Waals surface area contributed by atoms with Crippen LogP contribution in [0.2, 0.25) is 0 Å². The summed E-state index contributed by atoms with van der Waals surface area (Å²) in [4.78, 5) is 27.5. The molecule has 1 N–H and O–H groups in total. The van der Waals surface area contributed by atoms with E-state index in [4.69, 9.17) is 9.47 Å². The van der Waals surface area contributed by atoms with Gasteiger partial charge in [-0.1, -0.05) is 0 Å². The van der Waals surface area contributed by atoms with Crippen LogP contribution in [0.25, 0.3) is 0 Å². The summed E-state index contributed by atoms with van der Waals surface area (Å²) in [5.41, 5.74) is -0.950. The fourth-order valence-corrected chi connectivity index (χ4v) is 2.11. The summed E-state index contributed by atoms with van der Waals surface area (Å²) in [5, 5.41) is 2.74. The first-order valence-electron chi connectivity index (χ1n) is 8.13. The van der Waals surface area contributed by atoms with E-state index in [-0.39, 0.29) is 6.09 Å². The minimum atomic E-state index is -0.483. The summed E-state index contributed by atoms with van der Waals surface area (Å²) in [6.07, 6.45) is -0.658. The molecule has 0 aromatic heterocycles. The van der Waals surface area contributed by atoms with Crippen molar-refractivity contribution in [3.05, 3.63) is 0 Å². The molecule has 0 aromatic rings. The van der Waals surface area contributed by atoms with Gasteiger partial charge in [-0.25, -0.2) is 9.59 Å². The maximum atomic E-state index is 12.0. The largest absolute Gasteiger partial charge is 0.444 e. The molecule has 1 rings (SSSR count). The molecule has 1 saturated heterocycles. The predicted molar refractivity (Wildman–Crippen MR) is 88.5 cm³/mol. The topological polar surface area (TPSA) is 71.1 Å². The fraction of sp³-hybridized carbons (Fsp3) is 0.875. The first-order valence-corrected chi connectivity index (χ1v) is 8.13. The Hall–Kier alpha value is -1.50. The van der Waals surface area contributed by atoms with Crippen molar-refractivity contribution in [1.29, 1.82) is 0 Å². The van der Waals surface area contributed by atoms with Crippen molar-refractivity contribution in [2.75, 3.05) is 39.3 Å². The van der Waals surface area contributed by atoms with Crippen molar-refractivity contribution in [3.63, 3.8) is 0 Å². The lowest BCUT2D eigenvalue weighted by molar-refractivity contribution is 0.0146. The van der Waals surface area contributed by atoms with Crippen molar-refractivity contribution in [1.82, 2.24) is 15.1 Å². The first-order chi connectivity index (χ1) is 10.5. The molecule has 0 atom stereocenters. The van der Waals surface area contributed by atoms with Crippen LogP contribution in [0.15, 0.2) is 0 Å². The summed E-state index contributed by atoms with van der Waals surface area (Å²) < 4.78 is 10.6. The normalized spacial score (nSPS) is 16.9. The Morgan fingerprint density at radius 2 is 1.43 bits per heavy atom. The van der Waals surface area contributed by atoms with Gasteiger partial charge in [0.25, 0.3) is 0 Å². The zero-order valence-corrected chi connectivity index (χ0v) is 15.3. The maximum absolute atomic E-state index is 12.0. The summed E-state index contributed by atoms with van der Waals surface area (Å²) in [6.45, 7) is 15.2. The van der Waals surface area contributed by atoms with E-state index in [2.05, 4.69) is 10.2 Å². The Morgan fingerprint density at radius 3 is 1.91 bits per heavy atom. The molecule has 1 fully saturated rings. The van der Waals surface area contributed by atoms with Crippen LogP contribution in [0.4, 0.5) is 9.59 Å². The van der Waals surface area contributed by atoms with Crippen LogP contribution in [0, 0.1) is 0 Å². The van der Waals surface area contributed by atoms with Gasteiger partial charge in [-0.3, -0.25) is 4.90 Å². The van der Waals surface area contributed by atoms with E-state index in [0.29, 0.717) is 19.6 Å². The van der Waals surface area contributed by atoms with Gasteiger partial charge in [0.1, 0.15) is 11.2 Å². The number of alkyl carbamates (subject to hydrolysis) is 1. The molecule has 0 spiro atoms. The molecule has 23 heavy (non-hydrogen) atoms. The fourth-order valence-electron chi connectivity index (χ4n) is 2.11. The van der Waals surface area contributed by atoms with E-state index in [0.717, 1.165) is 19.6 Å². The van der Waals surface area contributed by atoms with Gasteiger partial charge >= 0.3 is 12.2 Å². The number of piperazine rings is 1. The molecule has 134 valence electrons. The zero-order chi connectivity index (χ0) is 17.7. The zero-order valence-electron chi connectivity index (χ0n) is 15.3. The summed E-state index contributed by atoms with van der Waals surface area (Å²) >= 11 is 0. The van der Waals surface area contributed by atoms with Crippen LogP contribution < -0.4 is 5.32 Å². The number of rotatable bonds is 3. The molecule has 0 radical (unpaired) electrons. The summed E-state index contributed by atoms with van der Waals surface area (Å²) in [6, 6.07) is 0. The van der Waals surface area contributed by atoms with Gasteiger partial charge in [-0.15, -0.1) is 0 Å². The Bertz CT molecular complexity index is 402. The lowest BCUT2D eigenvalue weighted by atomic mass is 10.2. The van der Waals surface area contributed by atoms with E-state index < -0.39 is 17.3 Å². The Balaban J connectivity index is 2.22. The smallest absolute Gasteiger partial charge is 0.410 e.